The van der Waals surface area contributed by atoms with Gasteiger partial charge in [0.05, 0.1) is 32.5 Å². The zero-order valence-electron chi connectivity index (χ0n) is 15.5. The fourth-order valence-electron chi connectivity index (χ4n) is 3.81. The number of hydrogen-bond acceptors (Lipinski definition) is 5. The number of aromatic nitrogens is 2. The Hall–Kier alpha value is -1.70. The number of phenolic OH excluding ortho intramolecular Hbond substituents is 1. The second-order valence-electron chi connectivity index (χ2n) is 7.64. The molecule has 1 fully saturated rings. The van der Waals surface area contributed by atoms with E-state index in [-0.39, 0.29) is 33.2 Å². The van der Waals surface area contributed by atoms with Crippen molar-refractivity contribution in [2.45, 2.75) is 50.5 Å². The number of nitrogens with one attached hydrogen (secondary N) is 1. The first-order chi connectivity index (χ1) is 12.7. The van der Waals surface area contributed by atoms with Crippen LogP contribution in [0.4, 0.5) is 5.82 Å². The summed E-state index contributed by atoms with van der Waals surface area (Å²) in [7, 11) is 0. The summed E-state index contributed by atoms with van der Waals surface area (Å²) in [6.45, 7) is 6.73. The minimum atomic E-state index is -0.233. The maximum absolute atomic E-state index is 12.9. The normalized spacial score (nSPS) is 24.4. The summed E-state index contributed by atoms with van der Waals surface area (Å²) in [5.41, 5.74) is 1.14. The molecule has 0 aliphatic carbocycles. The molecule has 6 nitrogen and oxygen atoms in total. The number of halogens is 1. The highest BCUT2D eigenvalue weighted by Gasteiger charge is 2.35. The Balaban J connectivity index is 1.80. The van der Waals surface area contributed by atoms with Crippen molar-refractivity contribution in [2.75, 3.05) is 6.61 Å². The minimum Gasteiger partial charge on any atom is -0.506 e. The van der Waals surface area contributed by atoms with Crippen molar-refractivity contribution in [1.29, 1.82) is 0 Å². The Bertz CT molecular complexity index is 979. The van der Waals surface area contributed by atoms with Gasteiger partial charge in [-0.05, 0) is 51.3 Å². The third kappa shape index (κ3) is 3.44. The number of hydrogen-bond donors (Lipinski definition) is 2. The van der Waals surface area contributed by atoms with Crippen molar-refractivity contribution < 1.29 is 9.84 Å². The first-order valence-corrected chi connectivity index (χ1v) is 10.2. The van der Waals surface area contributed by atoms with Crippen molar-refractivity contribution in [2.24, 2.45) is 4.99 Å². The van der Waals surface area contributed by atoms with E-state index in [1.54, 1.807) is 18.2 Å². The number of phenols is 1. The highest BCUT2D eigenvalue weighted by Crippen LogP contribution is 2.46. The van der Waals surface area contributed by atoms with Gasteiger partial charge in [-0.1, -0.05) is 29.4 Å². The fraction of sp³-hybridized carbons (Fsp3) is 0.474. The monoisotopic (exact) mass is 407 g/mol. The summed E-state index contributed by atoms with van der Waals surface area (Å²) in [5, 5.41) is 13.7. The molecule has 144 valence electrons. The summed E-state index contributed by atoms with van der Waals surface area (Å²) in [5.74, 6) is 0.718. The lowest BCUT2D eigenvalue weighted by molar-refractivity contribution is -0.0705. The van der Waals surface area contributed by atoms with Crippen LogP contribution < -0.4 is 5.56 Å². The van der Waals surface area contributed by atoms with E-state index in [2.05, 4.69) is 18.9 Å². The van der Waals surface area contributed by atoms with E-state index in [1.807, 2.05) is 11.6 Å². The van der Waals surface area contributed by atoms with E-state index < -0.39 is 0 Å². The Kier molecular flexibility index (Phi) is 4.64. The molecule has 2 N–H and O–H groups in total. The summed E-state index contributed by atoms with van der Waals surface area (Å²) in [6.07, 6.45) is 1.64. The molecule has 0 amide bonds. The maximum Gasteiger partial charge on any atom is 0.271 e. The molecule has 0 spiro atoms. The van der Waals surface area contributed by atoms with Gasteiger partial charge in [-0.2, -0.15) is 0 Å². The van der Waals surface area contributed by atoms with Gasteiger partial charge >= 0.3 is 0 Å². The number of aromatic hydroxyl groups is 1. The van der Waals surface area contributed by atoms with Gasteiger partial charge in [-0.3, -0.25) is 14.6 Å². The Morgan fingerprint density at radius 1 is 1.44 bits per heavy atom. The lowest BCUT2D eigenvalue weighted by Gasteiger charge is -2.36. The van der Waals surface area contributed by atoms with Crippen LogP contribution in [0.3, 0.4) is 0 Å². The summed E-state index contributed by atoms with van der Waals surface area (Å²) in [4.78, 5) is 17.6. The Morgan fingerprint density at radius 3 is 2.93 bits per heavy atom. The molecule has 2 aliphatic rings. The molecule has 3 heterocycles. The van der Waals surface area contributed by atoms with E-state index >= 15 is 0 Å². The van der Waals surface area contributed by atoms with Crippen LogP contribution in [0.1, 0.15) is 56.0 Å². The molecule has 2 aromatic rings. The first-order valence-electron chi connectivity index (χ1n) is 8.94. The van der Waals surface area contributed by atoms with Crippen molar-refractivity contribution >= 4 is 34.2 Å². The van der Waals surface area contributed by atoms with E-state index in [4.69, 9.17) is 21.3 Å². The molecule has 4 rings (SSSR count). The highest BCUT2D eigenvalue weighted by molar-refractivity contribution is 8.14. The smallest absolute Gasteiger partial charge is 0.271 e. The number of aliphatic imine (C=N–C) groups is 1. The number of thioether (sulfide) groups is 1. The van der Waals surface area contributed by atoms with Crippen LogP contribution in [-0.2, 0) is 4.74 Å². The van der Waals surface area contributed by atoms with Gasteiger partial charge in [0.15, 0.2) is 5.82 Å². The van der Waals surface area contributed by atoms with Gasteiger partial charge in [0.2, 0.25) is 0 Å². The standard InChI is InChI=1S/C19H22ClN3O3S/c1-10-21-17-15(16(27-10)11-4-5-14(24)13(20)8-11)18(25)22-23(17)12-6-7-26-19(2,3)9-12/h4-5,8,12,16,24H,6-7,9H2,1-3H3,(H,22,25). The van der Waals surface area contributed by atoms with E-state index in [9.17, 15) is 9.90 Å². The van der Waals surface area contributed by atoms with Crippen molar-refractivity contribution in [3.05, 3.63) is 44.7 Å². The van der Waals surface area contributed by atoms with Crippen molar-refractivity contribution in [3.8, 4) is 5.75 Å². The Morgan fingerprint density at radius 2 is 2.22 bits per heavy atom. The van der Waals surface area contributed by atoms with E-state index in [0.717, 1.165) is 23.4 Å². The number of fused-ring (bicyclic) bond motifs is 1. The third-order valence-electron chi connectivity index (χ3n) is 5.06. The molecule has 1 aromatic heterocycles. The second-order valence-corrected chi connectivity index (χ2v) is 9.35. The van der Waals surface area contributed by atoms with Crippen LogP contribution >= 0.6 is 23.4 Å². The van der Waals surface area contributed by atoms with E-state index in [1.165, 1.54) is 11.8 Å². The topological polar surface area (TPSA) is 79.6 Å². The fourth-order valence-corrected chi connectivity index (χ4v) is 5.10. The SMILES string of the molecule is CC1=Nc2c(c(=O)[nH]n2C2CCOC(C)(C)C2)C(c2ccc(O)c(Cl)c2)S1. The zero-order chi connectivity index (χ0) is 19.3. The largest absolute Gasteiger partial charge is 0.506 e. The molecular weight excluding hydrogens is 386 g/mol. The number of aromatic amines is 1. The molecule has 8 heteroatoms. The number of benzene rings is 1. The Labute approximate surface area is 166 Å². The van der Waals surface area contributed by atoms with Gasteiger partial charge in [-0.15, -0.1) is 0 Å². The number of ether oxygens (including phenoxy) is 1. The molecule has 0 saturated carbocycles. The van der Waals surface area contributed by atoms with Gasteiger partial charge < -0.3 is 9.84 Å². The maximum atomic E-state index is 12.9. The highest BCUT2D eigenvalue weighted by atomic mass is 35.5. The summed E-state index contributed by atoms with van der Waals surface area (Å²) in [6, 6.07) is 5.21. The second kappa shape index (κ2) is 6.72. The van der Waals surface area contributed by atoms with Gasteiger partial charge in [-0.25, -0.2) is 4.99 Å². The predicted octanol–water partition coefficient (Wildman–Crippen LogP) is 4.55. The van der Waals surface area contributed by atoms with Crippen LogP contribution in [0, 0.1) is 0 Å². The predicted molar refractivity (Wildman–Crippen MR) is 109 cm³/mol. The van der Waals surface area contributed by atoms with Crippen molar-refractivity contribution in [3.63, 3.8) is 0 Å². The molecule has 1 saturated heterocycles. The quantitative estimate of drug-likeness (QED) is 0.765. The minimum absolute atomic E-state index is 0.0303. The zero-order valence-corrected chi connectivity index (χ0v) is 17.0. The molecule has 27 heavy (non-hydrogen) atoms. The molecule has 2 unspecified atom stereocenters. The van der Waals surface area contributed by atoms with Crippen LogP contribution in [0.25, 0.3) is 0 Å². The molecule has 0 bridgehead atoms. The summed E-state index contributed by atoms with van der Waals surface area (Å²) >= 11 is 7.62. The van der Waals surface area contributed by atoms with E-state index in [0.29, 0.717) is 18.0 Å². The van der Waals surface area contributed by atoms with Gasteiger partial charge in [0.25, 0.3) is 5.56 Å². The van der Waals surface area contributed by atoms with Crippen molar-refractivity contribution in [1.82, 2.24) is 9.78 Å². The number of nitrogens with zero attached hydrogens (tertiary/aromatic N) is 2. The van der Waals surface area contributed by atoms with Crippen LogP contribution in [-0.4, -0.2) is 32.1 Å². The van der Waals surface area contributed by atoms with Gasteiger partial charge in [0.1, 0.15) is 5.75 Å². The molecule has 0 radical (unpaired) electrons. The third-order valence-corrected chi connectivity index (χ3v) is 6.54. The molecule has 2 atom stereocenters. The average molecular weight is 408 g/mol. The molecule has 2 aliphatic heterocycles. The van der Waals surface area contributed by atoms with Crippen LogP contribution in [0.2, 0.25) is 5.02 Å². The average Bonchev–Trinajstić information content (AvgIpc) is 2.92. The van der Waals surface area contributed by atoms with Crippen LogP contribution in [0.15, 0.2) is 28.0 Å². The van der Waals surface area contributed by atoms with Gasteiger partial charge in [0, 0.05) is 6.61 Å². The molecule has 1 aromatic carbocycles. The lowest BCUT2D eigenvalue weighted by Crippen LogP contribution is -2.35. The number of H-pyrrole nitrogens is 1. The molecular formula is C19H22ClN3O3S. The first kappa shape index (κ1) is 18.7. The lowest BCUT2D eigenvalue weighted by atomic mass is 9.94. The van der Waals surface area contributed by atoms with Crippen LogP contribution in [0.5, 0.6) is 5.75 Å². The number of rotatable bonds is 2. The summed E-state index contributed by atoms with van der Waals surface area (Å²) < 4.78 is 7.74.